The van der Waals surface area contributed by atoms with E-state index in [1.54, 1.807) is 17.1 Å². The lowest BCUT2D eigenvalue weighted by molar-refractivity contribution is 0.907. The van der Waals surface area contributed by atoms with E-state index in [4.69, 9.17) is 0 Å². The number of nitrogens with zero attached hydrogens (tertiary/aromatic N) is 4. The maximum atomic E-state index is 4.20. The van der Waals surface area contributed by atoms with Gasteiger partial charge in [0.1, 0.15) is 6.33 Å². The minimum atomic E-state index is 0.662. The zero-order valence-corrected chi connectivity index (χ0v) is 7.38. The molecule has 4 heteroatoms. The fourth-order valence-corrected chi connectivity index (χ4v) is 1.04. The van der Waals surface area contributed by atoms with Crippen LogP contribution in [-0.4, -0.2) is 19.5 Å². The average Bonchev–Trinajstić information content (AvgIpc) is 2.71. The molecule has 0 fully saturated rings. The Morgan fingerprint density at radius 1 is 1.31 bits per heavy atom. The molecule has 0 N–H and O–H groups in total. The third-order valence-corrected chi connectivity index (χ3v) is 1.84. The molecular formula is C9H10N4. The summed E-state index contributed by atoms with van der Waals surface area (Å²) in [7, 11) is 0. The molecule has 13 heavy (non-hydrogen) atoms. The summed E-state index contributed by atoms with van der Waals surface area (Å²) >= 11 is 0. The maximum Gasteiger partial charge on any atom is 0.234 e. The van der Waals surface area contributed by atoms with Gasteiger partial charge in [-0.2, -0.15) is 0 Å². The maximum absolute atomic E-state index is 4.20. The van der Waals surface area contributed by atoms with Gasteiger partial charge in [0.15, 0.2) is 0 Å². The van der Waals surface area contributed by atoms with Crippen molar-refractivity contribution >= 4 is 0 Å². The minimum Gasteiger partial charge on any atom is -0.274 e. The van der Waals surface area contributed by atoms with Gasteiger partial charge < -0.3 is 0 Å². The number of hydrogen-bond acceptors (Lipinski definition) is 3. The number of imidazole rings is 1. The van der Waals surface area contributed by atoms with E-state index in [1.165, 1.54) is 0 Å². The lowest BCUT2D eigenvalue weighted by atomic mass is 10.3. The SMILES string of the molecule is CCc1cnc(-n2ccnc2)nc1. The highest BCUT2D eigenvalue weighted by atomic mass is 15.2. The molecule has 0 aliphatic heterocycles. The van der Waals surface area contributed by atoms with Gasteiger partial charge >= 0.3 is 0 Å². The molecule has 0 spiro atoms. The third kappa shape index (κ3) is 1.56. The highest BCUT2D eigenvalue weighted by molar-refractivity contribution is 5.14. The molecule has 0 bridgehead atoms. The van der Waals surface area contributed by atoms with Crippen LogP contribution in [0.1, 0.15) is 12.5 Å². The lowest BCUT2D eigenvalue weighted by Gasteiger charge is -1.99. The topological polar surface area (TPSA) is 43.6 Å². The Balaban J connectivity index is 2.33. The third-order valence-electron chi connectivity index (χ3n) is 1.84. The predicted octanol–water partition coefficient (Wildman–Crippen LogP) is 1.22. The van der Waals surface area contributed by atoms with E-state index in [9.17, 15) is 0 Å². The van der Waals surface area contributed by atoms with Gasteiger partial charge in [-0.1, -0.05) is 6.92 Å². The van der Waals surface area contributed by atoms with Crippen molar-refractivity contribution < 1.29 is 0 Å². The summed E-state index contributed by atoms with van der Waals surface area (Å²) in [5.74, 6) is 0.662. The highest BCUT2D eigenvalue weighted by Crippen LogP contribution is 2.00. The molecule has 0 saturated carbocycles. The Kier molecular flexibility index (Phi) is 2.04. The summed E-state index contributed by atoms with van der Waals surface area (Å²) in [6.45, 7) is 2.08. The van der Waals surface area contributed by atoms with Crippen molar-refractivity contribution in [2.75, 3.05) is 0 Å². The summed E-state index contributed by atoms with van der Waals surface area (Å²) in [5.41, 5.74) is 1.14. The van der Waals surface area contributed by atoms with Crippen molar-refractivity contribution in [2.24, 2.45) is 0 Å². The predicted molar refractivity (Wildman–Crippen MR) is 48.5 cm³/mol. The first-order chi connectivity index (χ1) is 6.40. The number of aromatic nitrogens is 4. The Labute approximate surface area is 76.3 Å². The summed E-state index contributed by atoms with van der Waals surface area (Å²) in [4.78, 5) is 12.3. The van der Waals surface area contributed by atoms with Crippen molar-refractivity contribution in [1.29, 1.82) is 0 Å². The van der Waals surface area contributed by atoms with E-state index >= 15 is 0 Å². The molecule has 0 radical (unpaired) electrons. The standard InChI is InChI=1S/C9H10N4/c1-2-8-5-11-9(12-6-8)13-4-3-10-7-13/h3-7H,2H2,1H3. The fourth-order valence-electron chi connectivity index (χ4n) is 1.04. The van der Waals surface area contributed by atoms with Crippen molar-refractivity contribution in [1.82, 2.24) is 19.5 Å². The van der Waals surface area contributed by atoms with Gasteiger partial charge in [-0.25, -0.2) is 15.0 Å². The molecule has 2 aromatic rings. The largest absolute Gasteiger partial charge is 0.274 e. The summed E-state index contributed by atoms with van der Waals surface area (Å²) in [5, 5.41) is 0. The fraction of sp³-hybridized carbons (Fsp3) is 0.222. The smallest absolute Gasteiger partial charge is 0.234 e. The Morgan fingerprint density at radius 2 is 2.08 bits per heavy atom. The van der Waals surface area contributed by atoms with E-state index in [0.29, 0.717) is 5.95 Å². The lowest BCUT2D eigenvalue weighted by Crippen LogP contribution is -1.98. The molecular weight excluding hydrogens is 164 g/mol. The van der Waals surface area contributed by atoms with Gasteiger partial charge in [-0.3, -0.25) is 4.57 Å². The van der Waals surface area contributed by atoms with Crippen molar-refractivity contribution in [3.05, 3.63) is 36.7 Å². The number of rotatable bonds is 2. The molecule has 4 nitrogen and oxygen atoms in total. The average molecular weight is 174 g/mol. The second-order valence-electron chi connectivity index (χ2n) is 2.71. The molecule has 0 saturated heterocycles. The zero-order chi connectivity index (χ0) is 9.10. The van der Waals surface area contributed by atoms with Crippen molar-refractivity contribution in [3.63, 3.8) is 0 Å². The van der Waals surface area contributed by atoms with Crippen LogP contribution in [0.2, 0.25) is 0 Å². The van der Waals surface area contributed by atoms with Crippen molar-refractivity contribution in [2.45, 2.75) is 13.3 Å². The molecule has 2 aromatic heterocycles. The molecule has 0 aromatic carbocycles. The van der Waals surface area contributed by atoms with Gasteiger partial charge in [-0.15, -0.1) is 0 Å². The van der Waals surface area contributed by atoms with Crippen LogP contribution in [0, 0.1) is 0 Å². The van der Waals surface area contributed by atoms with E-state index in [1.807, 2.05) is 18.6 Å². The van der Waals surface area contributed by atoms with Crippen LogP contribution in [-0.2, 0) is 6.42 Å². The minimum absolute atomic E-state index is 0.662. The molecule has 0 unspecified atom stereocenters. The number of aryl methyl sites for hydroxylation is 1. The molecule has 2 rings (SSSR count). The summed E-state index contributed by atoms with van der Waals surface area (Å²) < 4.78 is 1.78. The summed E-state index contributed by atoms with van der Waals surface area (Å²) in [6.07, 6.45) is 9.84. The van der Waals surface area contributed by atoms with Crippen LogP contribution < -0.4 is 0 Å². The molecule has 0 aliphatic rings. The van der Waals surface area contributed by atoms with Crippen LogP contribution in [0.3, 0.4) is 0 Å². The number of hydrogen-bond donors (Lipinski definition) is 0. The van der Waals surface area contributed by atoms with Gasteiger partial charge in [-0.05, 0) is 12.0 Å². The molecule has 0 amide bonds. The van der Waals surface area contributed by atoms with Crippen LogP contribution in [0.25, 0.3) is 5.95 Å². The second kappa shape index (κ2) is 3.35. The van der Waals surface area contributed by atoms with E-state index in [-0.39, 0.29) is 0 Å². The van der Waals surface area contributed by atoms with Crippen LogP contribution >= 0.6 is 0 Å². The normalized spacial score (nSPS) is 10.2. The molecule has 66 valence electrons. The molecule has 0 atom stereocenters. The Bertz CT molecular complexity index is 363. The van der Waals surface area contributed by atoms with Crippen molar-refractivity contribution in [3.8, 4) is 5.95 Å². The van der Waals surface area contributed by atoms with Gasteiger partial charge in [0.2, 0.25) is 5.95 Å². The van der Waals surface area contributed by atoms with E-state index < -0.39 is 0 Å². The van der Waals surface area contributed by atoms with E-state index in [0.717, 1.165) is 12.0 Å². The van der Waals surface area contributed by atoms with Crippen LogP contribution in [0.5, 0.6) is 0 Å². The summed E-state index contributed by atoms with van der Waals surface area (Å²) in [6, 6.07) is 0. The Hall–Kier alpha value is -1.71. The first-order valence-electron chi connectivity index (χ1n) is 4.19. The van der Waals surface area contributed by atoms with Crippen LogP contribution in [0.15, 0.2) is 31.1 Å². The van der Waals surface area contributed by atoms with Gasteiger partial charge in [0, 0.05) is 24.8 Å². The van der Waals surface area contributed by atoms with E-state index in [2.05, 4.69) is 21.9 Å². The monoisotopic (exact) mass is 174 g/mol. The first kappa shape index (κ1) is 7.91. The van der Waals surface area contributed by atoms with Gasteiger partial charge in [0.05, 0.1) is 0 Å². The second-order valence-corrected chi connectivity index (χ2v) is 2.71. The quantitative estimate of drug-likeness (QED) is 0.687. The molecule has 2 heterocycles. The van der Waals surface area contributed by atoms with Crippen LogP contribution in [0.4, 0.5) is 0 Å². The Morgan fingerprint density at radius 3 is 2.62 bits per heavy atom. The highest BCUT2D eigenvalue weighted by Gasteiger charge is 1.97. The first-order valence-corrected chi connectivity index (χ1v) is 4.19. The van der Waals surface area contributed by atoms with Gasteiger partial charge in [0.25, 0.3) is 0 Å². The zero-order valence-electron chi connectivity index (χ0n) is 7.38. The molecule has 0 aliphatic carbocycles.